The fraction of sp³-hybridized carbons (Fsp3) is 0.444. The Bertz CT molecular complexity index is 682. The van der Waals surface area contributed by atoms with Crippen LogP contribution in [0.25, 0.3) is 0 Å². The summed E-state index contributed by atoms with van der Waals surface area (Å²) >= 11 is 0. The van der Waals surface area contributed by atoms with Gasteiger partial charge in [0.25, 0.3) is 0 Å². The Morgan fingerprint density at radius 3 is 2.58 bits per heavy atom. The molecule has 6 heteroatoms. The number of benzene rings is 1. The summed E-state index contributed by atoms with van der Waals surface area (Å²) in [5.41, 5.74) is 3.08. The number of carbonyl (C=O) groups is 1. The van der Waals surface area contributed by atoms with Gasteiger partial charge in [0.15, 0.2) is 0 Å². The molecule has 1 aromatic carbocycles. The maximum atomic E-state index is 12.3. The van der Waals surface area contributed by atoms with Gasteiger partial charge in [-0.2, -0.15) is 5.10 Å². The van der Waals surface area contributed by atoms with E-state index in [4.69, 9.17) is 4.74 Å². The van der Waals surface area contributed by atoms with E-state index >= 15 is 0 Å². The molecule has 1 N–H and O–H groups in total. The smallest absolute Gasteiger partial charge is 0.317 e. The molecule has 0 aliphatic heterocycles. The summed E-state index contributed by atoms with van der Waals surface area (Å²) in [6, 6.07) is 9.37. The minimum atomic E-state index is -0.123. The molecule has 130 valence electrons. The first-order chi connectivity index (χ1) is 11.4. The molecule has 0 bridgehead atoms. The molecular formula is C18H26N4O2. The van der Waals surface area contributed by atoms with Crippen LogP contribution < -0.4 is 10.1 Å². The fourth-order valence-corrected chi connectivity index (χ4v) is 2.70. The predicted molar refractivity (Wildman–Crippen MR) is 94.2 cm³/mol. The number of aromatic nitrogens is 2. The van der Waals surface area contributed by atoms with Gasteiger partial charge in [-0.05, 0) is 32.9 Å². The standard InChI is InChI=1S/C18H26N4O2/c1-13(17-14(2)20-22(5)15(17)3)19-18(23)21(4)11-12-24-16-9-7-6-8-10-16/h6-10,13H,11-12H2,1-5H3,(H,19,23). The monoisotopic (exact) mass is 330 g/mol. The van der Waals surface area contributed by atoms with Crippen LogP contribution in [0.2, 0.25) is 0 Å². The van der Waals surface area contributed by atoms with Gasteiger partial charge in [-0.3, -0.25) is 4.68 Å². The highest BCUT2D eigenvalue weighted by molar-refractivity contribution is 5.74. The van der Waals surface area contributed by atoms with Crippen LogP contribution in [0.4, 0.5) is 4.79 Å². The molecule has 0 fully saturated rings. The molecule has 0 saturated heterocycles. The normalized spacial score (nSPS) is 11.9. The first kappa shape index (κ1) is 17.8. The number of rotatable bonds is 6. The SMILES string of the molecule is Cc1nn(C)c(C)c1C(C)NC(=O)N(C)CCOc1ccccc1. The summed E-state index contributed by atoms with van der Waals surface area (Å²) in [4.78, 5) is 14.0. The van der Waals surface area contributed by atoms with Gasteiger partial charge in [0.05, 0.1) is 18.3 Å². The number of hydrogen-bond acceptors (Lipinski definition) is 3. The zero-order valence-corrected chi connectivity index (χ0v) is 15.0. The molecule has 2 aromatic rings. The van der Waals surface area contributed by atoms with E-state index < -0.39 is 0 Å². The first-order valence-corrected chi connectivity index (χ1v) is 8.09. The minimum Gasteiger partial charge on any atom is -0.492 e. The van der Waals surface area contributed by atoms with Crippen molar-refractivity contribution in [2.24, 2.45) is 7.05 Å². The van der Waals surface area contributed by atoms with Crippen LogP contribution in [0.15, 0.2) is 30.3 Å². The molecule has 1 atom stereocenters. The Morgan fingerprint density at radius 2 is 2.00 bits per heavy atom. The van der Waals surface area contributed by atoms with E-state index in [9.17, 15) is 4.79 Å². The van der Waals surface area contributed by atoms with Gasteiger partial charge in [-0.25, -0.2) is 4.79 Å². The van der Waals surface area contributed by atoms with E-state index in [2.05, 4.69) is 10.4 Å². The average molecular weight is 330 g/mol. The number of hydrogen-bond donors (Lipinski definition) is 1. The summed E-state index contributed by atoms with van der Waals surface area (Å²) in [5.74, 6) is 0.807. The summed E-state index contributed by atoms with van der Waals surface area (Å²) in [5, 5.41) is 7.42. The van der Waals surface area contributed by atoms with Crippen molar-refractivity contribution in [3.05, 3.63) is 47.3 Å². The molecule has 0 spiro atoms. The second kappa shape index (κ2) is 7.86. The van der Waals surface area contributed by atoms with Crippen molar-refractivity contribution in [2.45, 2.75) is 26.8 Å². The van der Waals surface area contributed by atoms with E-state index in [0.717, 1.165) is 22.7 Å². The lowest BCUT2D eigenvalue weighted by Gasteiger charge is -2.22. The van der Waals surface area contributed by atoms with Gasteiger partial charge in [0.2, 0.25) is 0 Å². The highest BCUT2D eigenvalue weighted by Crippen LogP contribution is 2.20. The van der Waals surface area contributed by atoms with E-state index in [-0.39, 0.29) is 12.1 Å². The van der Waals surface area contributed by atoms with Crippen LogP contribution >= 0.6 is 0 Å². The van der Waals surface area contributed by atoms with Gasteiger partial charge in [0.1, 0.15) is 12.4 Å². The largest absolute Gasteiger partial charge is 0.492 e. The van der Waals surface area contributed by atoms with E-state index in [1.165, 1.54) is 0 Å². The number of carbonyl (C=O) groups excluding carboxylic acids is 1. The van der Waals surface area contributed by atoms with Crippen LogP contribution in [-0.4, -0.2) is 40.9 Å². The van der Waals surface area contributed by atoms with Gasteiger partial charge < -0.3 is 15.0 Å². The Morgan fingerprint density at radius 1 is 1.33 bits per heavy atom. The third-order valence-electron chi connectivity index (χ3n) is 4.12. The molecule has 2 amide bonds. The number of amides is 2. The Kier molecular flexibility index (Phi) is 5.84. The van der Waals surface area contributed by atoms with E-state index in [0.29, 0.717) is 13.2 Å². The predicted octanol–water partition coefficient (Wildman–Crippen LogP) is 2.82. The maximum Gasteiger partial charge on any atom is 0.317 e. The Hall–Kier alpha value is -2.50. The van der Waals surface area contributed by atoms with Crippen molar-refractivity contribution in [3.8, 4) is 5.75 Å². The van der Waals surface area contributed by atoms with Crippen LogP contribution in [-0.2, 0) is 7.05 Å². The number of likely N-dealkylation sites (N-methyl/N-ethyl adjacent to an activating group) is 1. The third kappa shape index (κ3) is 4.28. The highest BCUT2D eigenvalue weighted by atomic mass is 16.5. The molecule has 1 heterocycles. The molecule has 1 unspecified atom stereocenters. The fourth-order valence-electron chi connectivity index (χ4n) is 2.70. The van der Waals surface area contributed by atoms with Crippen molar-refractivity contribution >= 4 is 6.03 Å². The molecule has 2 rings (SSSR count). The summed E-state index contributed by atoms with van der Waals surface area (Å²) in [6.45, 7) is 6.91. The molecule has 0 aliphatic rings. The molecule has 0 radical (unpaired) electrons. The Balaban J connectivity index is 1.84. The Labute approximate surface area is 143 Å². The number of aryl methyl sites for hydroxylation is 2. The van der Waals surface area contributed by atoms with Gasteiger partial charge in [-0.1, -0.05) is 18.2 Å². The second-order valence-electron chi connectivity index (χ2n) is 5.96. The van der Waals surface area contributed by atoms with Crippen LogP contribution in [0, 0.1) is 13.8 Å². The molecule has 0 saturated carbocycles. The van der Waals surface area contributed by atoms with Crippen molar-refractivity contribution in [2.75, 3.05) is 20.2 Å². The molecule has 0 aliphatic carbocycles. The molecule has 24 heavy (non-hydrogen) atoms. The van der Waals surface area contributed by atoms with E-state index in [1.54, 1.807) is 11.9 Å². The number of urea groups is 1. The van der Waals surface area contributed by atoms with Crippen molar-refractivity contribution < 1.29 is 9.53 Å². The number of ether oxygens (including phenoxy) is 1. The first-order valence-electron chi connectivity index (χ1n) is 8.09. The number of nitrogens with one attached hydrogen (secondary N) is 1. The van der Waals surface area contributed by atoms with Crippen LogP contribution in [0.5, 0.6) is 5.75 Å². The van der Waals surface area contributed by atoms with Gasteiger partial charge >= 0.3 is 6.03 Å². The van der Waals surface area contributed by atoms with Gasteiger partial charge in [0, 0.05) is 25.4 Å². The van der Waals surface area contributed by atoms with Crippen LogP contribution in [0.3, 0.4) is 0 Å². The number of nitrogens with zero attached hydrogens (tertiary/aromatic N) is 3. The van der Waals surface area contributed by atoms with Crippen LogP contribution in [0.1, 0.15) is 29.9 Å². The highest BCUT2D eigenvalue weighted by Gasteiger charge is 2.19. The summed E-state index contributed by atoms with van der Waals surface area (Å²) in [7, 11) is 3.67. The van der Waals surface area contributed by atoms with Crippen molar-refractivity contribution in [1.29, 1.82) is 0 Å². The second-order valence-corrected chi connectivity index (χ2v) is 5.96. The van der Waals surface area contributed by atoms with E-state index in [1.807, 2.05) is 62.8 Å². The van der Waals surface area contributed by atoms with Gasteiger partial charge in [-0.15, -0.1) is 0 Å². The molecule has 6 nitrogen and oxygen atoms in total. The lowest BCUT2D eigenvalue weighted by molar-refractivity contribution is 0.192. The number of para-hydroxylation sites is 1. The van der Waals surface area contributed by atoms with Crippen molar-refractivity contribution in [3.63, 3.8) is 0 Å². The summed E-state index contributed by atoms with van der Waals surface area (Å²) < 4.78 is 7.46. The zero-order chi connectivity index (χ0) is 17.7. The topological polar surface area (TPSA) is 59.4 Å². The van der Waals surface area contributed by atoms with Crippen molar-refractivity contribution in [1.82, 2.24) is 20.0 Å². The third-order valence-corrected chi connectivity index (χ3v) is 4.12. The summed E-state index contributed by atoms with van der Waals surface area (Å²) in [6.07, 6.45) is 0. The lowest BCUT2D eigenvalue weighted by Crippen LogP contribution is -2.40. The average Bonchev–Trinajstić information content (AvgIpc) is 2.80. The minimum absolute atomic E-state index is 0.0938. The quantitative estimate of drug-likeness (QED) is 0.886. The lowest BCUT2D eigenvalue weighted by atomic mass is 10.1. The molecular weight excluding hydrogens is 304 g/mol. The molecule has 1 aromatic heterocycles. The maximum absolute atomic E-state index is 12.3. The zero-order valence-electron chi connectivity index (χ0n) is 15.0.